The monoisotopic (exact) mass is 349 g/mol. The highest BCUT2D eigenvalue weighted by Gasteiger charge is 2.32. The van der Waals surface area contributed by atoms with Crippen LogP contribution in [0.2, 0.25) is 0 Å². The minimum atomic E-state index is -1.02. The van der Waals surface area contributed by atoms with E-state index in [1.807, 2.05) is 24.3 Å². The average molecular weight is 349 g/mol. The number of unbranched alkanes of at least 4 members (excludes halogenated alkanes) is 1. The molecular formula is C16H19N3O4S. The lowest BCUT2D eigenvalue weighted by molar-refractivity contribution is -0.138. The van der Waals surface area contributed by atoms with Gasteiger partial charge >= 0.3 is 5.97 Å². The van der Waals surface area contributed by atoms with Crippen LogP contribution in [0.25, 0.3) is 0 Å². The first kappa shape index (κ1) is 18.0. The number of carboxylic acid groups (broad SMARTS) is 1. The zero-order valence-corrected chi connectivity index (χ0v) is 14.1. The minimum absolute atomic E-state index is 0.237. The molecule has 0 saturated carbocycles. The van der Waals surface area contributed by atoms with Gasteiger partial charge < -0.3 is 15.2 Å². The quantitative estimate of drug-likeness (QED) is 0.426. The van der Waals surface area contributed by atoms with Crippen LogP contribution in [0.5, 0.6) is 5.75 Å². The summed E-state index contributed by atoms with van der Waals surface area (Å²) in [6, 6.07) is 7.44. The van der Waals surface area contributed by atoms with Crippen LogP contribution in [0.4, 0.5) is 0 Å². The number of amides is 1. The SMILES string of the molecule is CCCCOc1ccc(C=NN=C2NC(=O)C(CC(=O)O)S2)cc1. The van der Waals surface area contributed by atoms with E-state index >= 15 is 0 Å². The summed E-state index contributed by atoms with van der Waals surface area (Å²) in [6.07, 6.45) is 3.43. The number of rotatable bonds is 8. The number of nitrogens with one attached hydrogen (secondary N) is 1. The molecule has 0 aromatic heterocycles. The Labute approximate surface area is 144 Å². The predicted molar refractivity (Wildman–Crippen MR) is 93.6 cm³/mol. The highest BCUT2D eigenvalue weighted by molar-refractivity contribution is 8.15. The van der Waals surface area contributed by atoms with E-state index in [1.54, 1.807) is 6.21 Å². The molecule has 1 amide bonds. The molecule has 1 heterocycles. The Balaban J connectivity index is 1.87. The fraction of sp³-hybridized carbons (Fsp3) is 0.375. The third kappa shape index (κ3) is 5.69. The van der Waals surface area contributed by atoms with Crippen molar-refractivity contribution in [2.75, 3.05) is 6.61 Å². The van der Waals surface area contributed by atoms with Crippen molar-refractivity contribution in [2.24, 2.45) is 10.2 Å². The van der Waals surface area contributed by atoms with E-state index in [4.69, 9.17) is 9.84 Å². The van der Waals surface area contributed by atoms with Crippen molar-refractivity contribution in [3.8, 4) is 5.75 Å². The van der Waals surface area contributed by atoms with Crippen molar-refractivity contribution in [1.82, 2.24) is 5.32 Å². The number of nitrogens with zero attached hydrogens (tertiary/aromatic N) is 2. The van der Waals surface area contributed by atoms with Gasteiger partial charge in [0.1, 0.15) is 11.0 Å². The van der Waals surface area contributed by atoms with Gasteiger partial charge in [0, 0.05) is 0 Å². The zero-order chi connectivity index (χ0) is 17.4. The molecule has 0 spiro atoms. The number of thioether (sulfide) groups is 1. The molecule has 0 aliphatic carbocycles. The fourth-order valence-electron chi connectivity index (χ4n) is 1.88. The molecule has 1 aromatic carbocycles. The Morgan fingerprint density at radius 1 is 1.42 bits per heavy atom. The Kier molecular flexibility index (Phi) is 6.80. The molecule has 128 valence electrons. The highest BCUT2D eigenvalue weighted by Crippen LogP contribution is 2.22. The molecule has 0 bridgehead atoms. The van der Waals surface area contributed by atoms with Crippen molar-refractivity contribution >= 4 is 35.0 Å². The van der Waals surface area contributed by atoms with Gasteiger partial charge in [-0.25, -0.2) is 0 Å². The lowest BCUT2D eigenvalue weighted by Crippen LogP contribution is -2.26. The van der Waals surface area contributed by atoms with E-state index in [-0.39, 0.29) is 12.3 Å². The van der Waals surface area contributed by atoms with Crippen LogP contribution in [0, 0.1) is 0 Å². The number of carbonyl (C=O) groups excluding carboxylic acids is 1. The topological polar surface area (TPSA) is 100 Å². The first-order valence-corrected chi connectivity index (χ1v) is 8.49. The molecule has 2 rings (SSSR count). The molecule has 0 radical (unpaired) electrons. The third-order valence-electron chi connectivity index (χ3n) is 3.14. The second-order valence-corrected chi connectivity index (χ2v) is 6.31. The number of amidine groups is 1. The Hall–Kier alpha value is -2.35. The minimum Gasteiger partial charge on any atom is -0.494 e. The van der Waals surface area contributed by atoms with E-state index in [0.717, 1.165) is 35.9 Å². The second kappa shape index (κ2) is 9.07. The number of carboxylic acids is 1. The molecule has 1 fully saturated rings. The van der Waals surface area contributed by atoms with Crippen LogP contribution in [0.1, 0.15) is 31.7 Å². The van der Waals surface area contributed by atoms with Crippen LogP contribution in [0.15, 0.2) is 34.5 Å². The van der Waals surface area contributed by atoms with Crippen LogP contribution >= 0.6 is 11.8 Å². The number of hydrogen-bond donors (Lipinski definition) is 2. The molecule has 1 aliphatic heterocycles. The number of ether oxygens (including phenoxy) is 1. The summed E-state index contributed by atoms with van der Waals surface area (Å²) in [7, 11) is 0. The van der Waals surface area contributed by atoms with Gasteiger partial charge in [-0.05, 0) is 36.2 Å². The first-order chi connectivity index (χ1) is 11.6. The van der Waals surface area contributed by atoms with E-state index in [2.05, 4.69) is 22.4 Å². The Morgan fingerprint density at radius 2 is 2.17 bits per heavy atom. The maximum atomic E-state index is 11.6. The number of aliphatic carboxylic acids is 1. The summed E-state index contributed by atoms with van der Waals surface area (Å²) in [5.74, 6) is -0.569. The van der Waals surface area contributed by atoms with E-state index < -0.39 is 11.2 Å². The smallest absolute Gasteiger partial charge is 0.305 e. The van der Waals surface area contributed by atoms with Crippen LogP contribution in [-0.4, -0.2) is 40.2 Å². The summed E-state index contributed by atoms with van der Waals surface area (Å²) in [6.45, 7) is 2.81. The lowest BCUT2D eigenvalue weighted by atomic mass is 10.2. The summed E-state index contributed by atoms with van der Waals surface area (Å²) in [5, 5.41) is 18.7. The Morgan fingerprint density at radius 3 is 2.83 bits per heavy atom. The molecule has 1 aromatic rings. The first-order valence-electron chi connectivity index (χ1n) is 7.61. The van der Waals surface area contributed by atoms with Crippen LogP contribution in [-0.2, 0) is 9.59 Å². The molecule has 1 aliphatic rings. The van der Waals surface area contributed by atoms with Gasteiger partial charge in [0.2, 0.25) is 5.91 Å². The zero-order valence-electron chi connectivity index (χ0n) is 13.3. The molecule has 1 atom stereocenters. The number of benzene rings is 1. The maximum Gasteiger partial charge on any atom is 0.305 e. The van der Waals surface area contributed by atoms with Gasteiger partial charge in [-0.2, -0.15) is 5.10 Å². The van der Waals surface area contributed by atoms with Crippen molar-refractivity contribution in [3.63, 3.8) is 0 Å². The van der Waals surface area contributed by atoms with E-state index in [1.165, 1.54) is 0 Å². The largest absolute Gasteiger partial charge is 0.494 e. The van der Waals surface area contributed by atoms with Gasteiger partial charge in [-0.15, -0.1) is 5.10 Å². The van der Waals surface area contributed by atoms with Gasteiger partial charge in [-0.1, -0.05) is 25.1 Å². The molecular weight excluding hydrogens is 330 g/mol. The average Bonchev–Trinajstić information content (AvgIpc) is 2.88. The second-order valence-electron chi connectivity index (χ2n) is 5.11. The third-order valence-corrected chi connectivity index (χ3v) is 4.21. The van der Waals surface area contributed by atoms with Crippen LogP contribution < -0.4 is 10.1 Å². The molecule has 24 heavy (non-hydrogen) atoms. The van der Waals surface area contributed by atoms with Crippen molar-refractivity contribution < 1.29 is 19.4 Å². The molecule has 2 N–H and O–H groups in total. The Bertz CT molecular complexity index is 643. The van der Waals surface area contributed by atoms with Gasteiger partial charge in [-0.3, -0.25) is 9.59 Å². The summed E-state index contributed by atoms with van der Waals surface area (Å²) in [4.78, 5) is 22.2. The van der Waals surface area contributed by atoms with E-state index in [9.17, 15) is 9.59 Å². The molecule has 1 saturated heterocycles. The van der Waals surface area contributed by atoms with Gasteiger partial charge in [0.25, 0.3) is 0 Å². The van der Waals surface area contributed by atoms with Crippen molar-refractivity contribution in [2.45, 2.75) is 31.4 Å². The number of carbonyl (C=O) groups is 2. The molecule has 8 heteroatoms. The van der Waals surface area contributed by atoms with E-state index in [0.29, 0.717) is 11.8 Å². The van der Waals surface area contributed by atoms with Crippen molar-refractivity contribution in [3.05, 3.63) is 29.8 Å². The van der Waals surface area contributed by atoms with Gasteiger partial charge in [0.05, 0.1) is 19.2 Å². The highest BCUT2D eigenvalue weighted by atomic mass is 32.2. The number of hydrogen-bond acceptors (Lipinski definition) is 6. The van der Waals surface area contributed by atoms with Crippen LogP contribution in [0.3, 0.4) is 0 Å². The maximum absolute atomic E-state index is 11.6. The standard InChI is InChI=1S/C16H19N3O4S/c1-2-3-8-23-12-6-4-11(5-7-12)10-17-19-16-18-15(22)13(24-16)9-14(20)21/h4-7,10,13H,2-3,8-9H2,1H3,(H,20,21)(H,18,19,22). The van der Waals surface area contributed by atoms with Gasteiger partial charge in [0.15, 0.2) is 5.17 Å². The fourth-order valence-corrected chi connectivity index (χ4v) is 2.79. The summed E-state index contributed by atoms with van der Waals surface area (Å²) in [5.41, 5.74) is 0.846. The lowest BCUT2D eigenvalue weighted by Gasteiger charge is -2.04. The molecule has 7 nitrogen and oxygen atoms in total. The molecule has 1 unspecified atom stereocenters. The summed E-state index contributed by atoms with van der Waals surface area (Å²) >= 11 is 1.07. The normalized spacial score (nSPS) is 19.0. The predicted octanol–water partition coefficient (Wildman–Crippen LogP) is 2.26. The summed E-state index contributed by atoms with van der Waals surface area (Å²) < 4.78 is 5.57. The van der Waals surface area contributed by atoms with Crippen molar-refractivity contribution in [1.29, 1.82) is 0 Å².